The van der Waals surface area contributed by atoms with Crippen molar-refractivity contribution in [3.8, 4) is 5.75 Å². The third kappa shape index (κ3) is 3.31. The lowest BCUT2D eigenvalue weighted by Gasteiger charge is -2.46. The Kier molecular flexibility index (Phi) is 4.42. The lowest BCUT2D eigenvalue weighted by molar-refractivity contribution is -0.132. The molecule has 1 aromatic heterocycles. The molecule has 1 fully saturated rings. The molecule has 2 aliphatic rings. The van der Waals surface area contributed by atoms with Crippen molar-refractivity contribution in [1.29, 1.82) is 0 Å². The van der Waals surface area contributed by atoms with E-state index in [9.17, 15) is 9.59 Å². The highest BCUT2D eigenvalue weighted by molar-refractivity contribution is 5.93. The van der Waals surface area contributed by atoms with Crippen LogP contribution in [0.4, 0.5) is 0 Å². The predicted molar refractivity (Wildman–Crippen MR) is 102 cm³/mol. The molecular weight excluding hydrogens is 342 g/mol. The molecule has 3 heterocycles. The zero-order chi connectivity index (χ0) is 19.0. The molecule has 1 aromatic carbocycles. The van der Waals surface area contributed by atoms with Crippen molar-refractivity contribution in [2.45, 2.75) is 37.8 Å². The highest BCUT2D eigenvalue weighted by Crippen LogP contribution is 2.44. The Hall–Kier alpha value is -2.76. The van der Waals surface area contributed by atoms with E-state index in [2.05, 4.69) is 5.32 Å². The molecule has 2 aromatic rings. The Labute approximate surface area is 159 Å². The average molecular weight is 367 g/mol. The third-order valence-corrected chi connectivity index (χ3v) is 5.80. The molecule has 142 valence electrons. The Morgan fingerprint density at radius 3 is 2.56 bits per heavy atom. The van der Waals surface area contributed by atoms with Crippen LogP contribution in [0.2, 0.25) is 0 Å². The number of nitrogens with zero attached hydrogens (tertiary/aromatic N) is 2. The highest BCUT2D eigenvalue weighted by Gasteiger charge is 2.44. The van der Waals surface area contributed by atoms with Gasteiger partial charge in [0.2, 0.25) is 5.91 Å². The number of carbonyl (C=O) groups excluding carboxylic acids is 2. The first kappa shape index (κ1) is 17.6. The molecule has 0 bridgehead atoms. The second-order valence-electron chi connectivity index (χ2n) is 7.56. The molecule has 0 aliphatic carbocycles. The van der Waals surface area contributed by atoms with Gasteiger partial charge in [0.15, 0.2) is 0 Å². The van der Waals surface area contributed by atoms with Gasteiger partial charge in [0.05, 0.1) is 6.04 Å². The Morgan fingerprint density at radius 1 is 1.15 bits per heavy atom. The average Bonchev–Trinajstić information content (AvgIpc) is 3.08. The molecule has 1 atom stereocenters. The monoisotopic (exact) mass is 367 g/mol. The maximum atomic E-state index is 12.8. The molecule has 2 aliphatic heterocycles. The van der Waals surface area contributed by atoms with E-state index >= 15 is 0 Å². The molecule has 27 heavy (non-hydrogen) atoms. The van der Waals surface area contributed by atoms with Gasteiger partial charge in [0.25, 0.3) is 5.91 Å². The molecule has 2 amide bonds. The second-order valence-corrected chi connectivity index (χ2v) is 7.56. The normalized spacial score (nSPS) is 20.7. The van der Waals surface area contributed by atoms with E-state index in [4.69, 9.17) is 4.74 Å². The fourth-order valence-electron chi connectivity index (χ4n) is 4.21. The number of fused-ring (bicyclic) bond motifs is 1. The number of rotatable bonds is 2. The van der Waals surface area contributed by atoms with Gasteiger partial charge in [0, 0.05) is 58.1 Å². The molecule has 0 radical (unpaired) electrons. The highest BCUT2D eigenvalue weighted by atomic mass is 16.5. The van der Waals surface area contributed by atoms with Crippen LogP contribution in [-0.4, -0.2) is 40.0 Å². The van der Waals surface area contributed by atoms with Gasteiger partial charge in [-0.3, -0.25) is 9.59 Å². The standard InChI is InChI=1S/C21H25N3O3/c1-15(25)24-12-9-21(10-13-24)14-17(16-6-3-4-8-19(16)27-21)22-20(26)18-7-5-11-23(18)2/h3-8,11,17H,9-10,12-14H2,1-2H3,(H,22,26). The molecule has 1 N–H and O–H groups in total. The number of nitrogens with one attached hydrogen (secondary N) is 1. The van der Waals surface area contributed by atoms with E-state index in [1.807, 2.05) is 59.1 Å². The van der Waals surface area contributed by atoms with E-state index in [1.54, 1.807) is 6.92 Å². The summed E-state index contributed by atoms with van der Waals surface area (Å²) in [6.07, 6.45) is 4.13. The number of hydrogen-bond donors (Lipinski definition) is 1. The minimum Gasteiger partial charge on any atom is -0.487 e. The summed E-state index contributed by atoms with van der Waals surface area (Å²) in [5.41, 5.74) is 1.31. The summed E-state index contributed by atoms with van der Waals surface area (Å²) in [4.78, 5) is 26.3. The number of hydrogen-bond acceptors (Lipinski definition) is 3. The van der Waals surface area contributed by atoms with Crippen molar-refractivity contribution in [3.63, 3.8) is 0 Å². The minimum absolute atomic E-state index is 0.0828. The van der Waals surface area contributed by atoms with Crippen LogP contribution in [0, 0.1) is 0 Å². The van der Waals surface area contributed by atoms with Gasteiger partial charge >= 0.3 is 0 Å². The van der Waals surface area contributed by atoms with E-state index in [0.717, 1.165) is 24.2 Å². The molecule has 1 unspecified atom stereocenters. The first-order valence-electron chi connectivity index (χ1n) is 9.43. The number of aromatic nitrogens is 1. The molecule has 6 nitrogen and oxygen atoms in total. The molecule has 6 heteroatoms. The summed E-state index contributed by atoms with van der Waals surface area (Å²) >= 11 is 0. The second kappa shape index (κ2) is 6.76. The predicted octanol–water partition coefficient (Wildman–Crippen LogP) is 2.66. The van der Waals surface area contributed by atoms with Gasteiger partial charge in [-0.05, 0) is 18.2 Å². The van der Waals surface area contributed by atoms with Crippen LogP contribution in [0.5, 0.6) is 5.75 Å². The summed E-state index contributed by atoms with van der Waals surface area (Å²) < 4.78 is 8.24. The van der Waals surface area contributed by atoms with E-state index < -0.39 is 0 Å². The first-order valence-corrected chi connectivity index (χ1v) is 9.43. The maximum absolute atomic E-state index is 12.8. The summed E-state index contributed by atoms with van der Waals surface area (Å²) in [6.45, 7) is 2.99. The Bertz CT molecular complexity index is 865. The number of carbonyl (C=O) groups is 2. The number of likely N-dealkylation sites (tertiary alicyclic amines) is 1. The zero-order valence-electron chi connectivity index (χ0n) is 15.8. The summed E-state index contributed by atoms with van der Waals surface area (Å²) in [7, 11) is 1.87. The van der Waals surface area contributed by atoms with Crippen molar-refractivity contribution in [3.05, 3.63) is 53.9 Å². The molecule has 1 saturated heterocycles. The Morgan fingerprint density at radius 2 is 1.89 bits per heavy atom. The summed E-state index contributed by atoms with van der Waals surface area (Å²) in [6, 6.07) is 11.5. The topological polar surface area (TPSA) is 63.6 Å². The number of piperidine rings is 1. The van der Waals surface area contributed by atoms with Gasteiger partial charge in [-0.15, -0.1) is 0 Å². The van der Waals surface area contributed by atoms with Crippen LogP contribution in [0.3, 0.4) is 0 Å². The van der Waals surface area contributed by atoms with E-state index in [1.165, 1.54) is 0 Å². The van der Waals surface area contributed by atoms with Crippen molar-refractivity contribution in [2.24, 2.45) is 7.05 Å². The van der Waals surface area contributed by atoms with Crippen LogP contribution in [0.25, 0.3) is 0 Å². The lowest BCUT2D eigenvalue weighted by Crippen LogP contribution is -2.53. The van der Waals surface area contributed by atoms with Gasteiger partial charge in [0.1, 0.15) is 17.0 Å². The van der Waals surface area contributed by atoms with Gasteiger partial charge in [-0.2, -0.15) is 0 Å². The number of para-hydroxylation sites is 1. The van der Waals surface area contributed by atoms with Crippen LogP contribution in [-0.2, 0) is 11.8 Å². The van der Waals surface area contributed by atoms with Crippen molar-refractivity contribution in [1.82, 2.24) is 14.8 Å². The quantitative estimate of drug-likeness (QED) is 0.888. The lowest BCUT2D eigenvalue weighted by atomic mass is 9.80. The van der Waals surface area contributed by atoms with Gasteiger partial charge in [-0.25, -0.2) is 0 Å². The van der Waals surface area contributed by atoms with Crippen LogP contribution < -0.4 is 10.1 Å². The molecule has 4 rings (SSSR count). The van der Waals surface area contributed by atoms with Crippen LogP contribution in [0.15, 0.2) is 42.6 Å². The molecular formula is C21H25N3O3. The summed E-state index contributed by atoms with van der Waals surface area (Å²) in [5, 5.41) is 3.20. The number of amides is 2. The maximum Gasteiger partial charge on any atom is 0.268 e. The van der Waals surface area contributed by atoms with Crippen molar-refractivity contribution < 1.29 is 14.3 Å². The fourth-order valence-corrected chi connectivity index (χ4v) is 4.21. The van der Waals surface area contributed by atoms with Crippen molar-refractivity contribution >= 4 is 11.8 Å². The Balaban J connectivity index is 1.58. The first-order chi connectivity index (χ1) is 13.0. The number of aryl methyl sites for hydroxylation is 1. The molecule has 0 saturated carbocycles. The SMILES string of the molecule is CC(=O)N1CCC2(CC1)CC(NC(=O)c1cccn1C)c1ccccc1O2. The van der Waals surface area contributed by atoms with E-state index in [-0.39, 0.29) is 23.5 Å². The van der Waals surface area contributed by atoms with Gasteiger partial charge in [-0.1, -0.05) is 18.2 Å². The third-order valence-electron chi connectivity index (χ3n) is 5.80. The number of ether oxygens (including phenoxy) is 1. The minimum atomic E-state index is -0.341. The van der Waals surface area contributed by atoms with Crippen molar-refractivity contribution in [2.75, 3.05) is 13.1 Å². The van der Waals surface area contributed by atoms with E-state index in [0.29, 0.717) is 25.2 Å². The smallest absolute Gasteiger partial charge is 0.268 e. The summed E-state index contributed by atoms with van der Waals surface area (Å²) in [5.74, 6) is 0.854. The van der Waals surface area contributed by atoms with Crippen LogP contribution >= 0.6 is 0 Å². The zero-order valence-corrected chi connectivity index (χ0v) is 15.8. The largest absolute Gasteiger partial charge is 0.487 e. The van der Waals surface area contributed by atoms with Gasteiger partial charge < -0.3 is 19.5 Å². The fraction of sp³-hybridized carbons (Fsp3) is 0.429. The van der Waals surface area contributed by atoms with Crippen LogP contribution in [0.1, 0.15) is 48.3 Å². The molecule has 1 spiro atoms. The number of benzene rings is 1.